The first-order valence-electron chi connectivity index (χ1n) is 8.85. The van der Waals surface area contributed by atoms with Gasteiger partial charge in [0, 0.05) is 18.1 Å². The van der Waals surface area contributed by atoms with Gasteiger partial charge in [0.15, 0.2) is 0 Å². The number of aromatic nitrogens is 1. The van der Waals surface area contributed by atoms with E-state index in [9.17, 15) is 9.59 Å². The first-order chi connectivity index (χ1) is 13.5. The molecule has 0 saturated carbocycles. The Morgan fingerprint density at radius 3 is 2.07 bits per heavy atom. The highest BCUT2D eigenvalue weighted by Gasteiger charge is 2.12. The average Bonchev–Trinajstić information content (AvgIpc) is 2.72. The van der Waals surface area contributed by atoms with Crippen LogP contribution in [0.25, 0.3) is 0 Å². The van der Waals surface area contributed by atoms with Crippen LogP contribution in [-0.2, 0) is 13.1 Å². The van der Waals surface area contributed by atoms with Gasteiger partial charge in [-0.1, -0.05) is 54.1 Å². The number of carbonyl (C=O) groups excluding carboxylic acids is 2. The standard InChI is InChI=1S/C22H20ClN3O2/c1-15-5-2-3-6-17(15)14-25-22(28)20-8-4-7-19(26-20)21(27)24-13-16-9-11-18(23)12-10-16/h2-12H,13-14H2,1H3,(H,24,27)(H,25,28). The van der Waals surface area contributed by atoms with Crippen molar-refractivity contribution >= 4 is 23.4 Å². The molecule has 0 unspecified atom stereocenters. The van der Waals surface area contributed by atoms with Crippen molar-refractivity contribution in [2.75, 3.05) is 0 Å². The molecule has 1 aromatic heterocycles. The predicted molar refractivity (Wildman–Crippen MR) is 109 cm³/mol. The first kappa shape index (κ1) is 19.6. The summed E-state index contributed by atoms with van der Waals surface area (Å²) in [5, 5.41) is 6.27. The lowest BCUT2D eigenvalue weighted by Gasteiger charge is -2.09. The van der Waals surface area contributed by atoms with Crippen LogP contribution in [0.2, 0.25) is 5.02 Å². The topological polar surface area (TPSA) is 71.1 Å². The van der Waals surface area contributed by atoms with Crippen LogP contribution < -0.4 is 10.6 Å². The number of pyridine rings is 1. The predicted octanol–water partition coefficient (Wildman–Crippen LogP) is 3.90. The number of rotatable bonds is 6. The highest BCUT2D eigenvalue weighted by atomic mass is 35.5. The Morgan fingerprint density at radius 2 is 1.43 bits per heavy atom. The Kier molecular flexibility index (Phi) is 6.40. The number of nitrogens with zero attached hydrogens (tertiary/aromatic N) is 1. The summed E-state index contributed by atoms with van der Waals surface area (Å²) in [6.07, 6.45) is 0. The molecular formula is C22H20ClN3O2. The average molecular weight is 394 g/mol. The SMILES string of the molecule is Cc1ccccc1CNC(=O)c1cccc(C(=O)NCc2ccc(Cl)cc2)n1. The van der Waals surface area contributed by atoms with Crippen molar-refractivity contribution in [3.05, 3.63) is 99.8 Å². The molecule has 0 fully saturated rings. The van der Waals surface area contributed by atoms with E-state index in [1.54, 1.807) is 30.3 Å². The molecule has 5 nitrogen and oxygen atoms in total. The Balaban J connectivity index is 1.60. The van der Waals surface area contributed by atoms with Crippen LogP contribution in [-0.4, -0.2) is 16.8 Å². The smallest absolute Gasteiger partial charge is 0.270 e. The summed E-state index contributed by atoms with van der Waals surface area (Å²) in [7, 11) is 0. The van der Waals surface area contributed by atoms with E-state index in [0.29, 0.717) is 18.1 Å². The van der Waals surface area contributed by atoms with Crippen molar-refractivity contribution < 1.29 is 9.59 Å². The second-order valence-corrected chi connectivity index (χ2v) is 6.76. The fourth-order valence-corrected chi connectivity index (χ4v) is 2.76. The second-order valence-electron chi connectivity index (χ2n) is 6.33. The van der Waals surface area contributed by atoms with E-state index in [-0.39, 0.29) is 23.2 Å². The van der Waals surface area contributed by atoms with Gasteiger partial charge >= 0.3 is 0 Å². The fourth-order valence-electron chi connectivity index (χ4n) is 2.64. The van der Waals surface area contributed by atoms with Crippen molar-refractivity contribution in [2.24, 2.45) is 0 Å². The van der Waals surface area contributed by atoms with E-state index < -0.39 is 0 Å². The highest BCUT2D eigenvalue weighted by Crippen LogP contribution is 2.10. The van der Waals surface area contributed by atoms with Crippen LogP contribution in [0.1, 0.15) is 37.7 Å². The maximum absolute atomic E-state index is 12.4. The third kappa shape index (κ3) is 5.18. The van der Waals surface area contributed by atoms with Gasteiger partial charge in [-0.15, -0.1) is 0 Å². The zero-order valence-corrected chi connectivity index (χ0v) is 16.2. The number of hydrogen-bond acceptors (Lipinski definition) is 3. The molecular weight excluding hydrogens is 374 g/mol. The third-order valence-electron chi connectivity index (χ3n) is 4.28. The van der Waals surface area contributed by atoms with Gasteiger partial charge in [-0.05, 0) is 47.9 Å². The van der Waals surface area contributed by atoms with Gasteiger partial charge in [-0.3, -0.25) is 9.59 Å². The maximum Gasteiger partial charge on any atom is 0.270 e. The maximum atomic E-state index is 12.4. The third-order valence-corrected chi connectivity index (χ3v) is 4.53. The minimum absolute atomic E-state index is 0.192. The van der Waals surface area contributed by atoms with E-state index in [0.717, 1.165) is 16.7 Å². The van der Waals surface area contributed by atoms with Gasteiger partial charge in [0.1, 0.15) is 11.4 Å². The van der Waals surface area contributed by atoms with Gasteiger partial charge in [0.25, 0.3) is 11.8 Å². The molecule has 0 spiro atoms. The van der Waals surface area contributed by atoms with Gasteiger partial charge in [-0.25, -0.2) is 4.98 Å². The molecule has 0 atom stereocenters. The van der Waals surface area contributed by atoms with E-state index >= 15 is 0 Å². The molecule has 0 bridgehead atoms. The molecule has 3 aromatic rings. The minimum atomic E-state index is -0.344. The first-order valence-corrected chi connectivity index (χ1v) is 9.23. The summed E-state index contributed by atoms with van der Waals surface area (Å²) in [4.78, 5) is 28.9. The lowest BCUT2D eigenvalue weighted by molar-refractivity contribution is 0.0941. The molecule has 0 aliphatic heterocycles. The van der Waals surface area contributed by atoms with Crippen LogP contribution in [0.3, 0.4) is 0 Å². The minimum Gasteiger partial charge on any atom is -0.347 e. The monoisotopic (exact) mass is 393 g/mol. The van der Waals surface area contributed by atoms with Gasteiger partial charge in [-0.2, -0.15) is 0 Å². The Labute approximate surface area is 168 Å². The summed E-state index contributed by atoms with van der Waals surface area (Å²) in [5.74, 6) is -0.667. The van der Waals surface area contributed by atoms with Crippen molar-refractivity contribution in [1.82, 2.24) is 15.6 Å². The zero-order chi connectivity index (χ0) is 19.9. The lowest BCUT2D eigenvalue weighted by Crippen LogP contribution is -2.27. The Morgan fingerprint density at radius 1 is 0.821 bits per heavy atom. The quantitative estimate of drug-likeness (QED) is 0.667. The molecule has 2 amide bonds. The van der Waals surface area contributed by atoms with E-state index in [1.165, 1.54) is 0 Å². The van der Waals surface area contributed by atoms with E-state index in [4.69, 9.17) is 11.6 Å². The molecule has 0 aliphatic rings. The fraction of sp³-hybridized carbons (Fsp3) is 0.136. The molecule has 28 heavy (non-hydrogen) atoms. The highest BCUT2D eigenvalue weighted by molar-refractivity contribution is 6.30. The molecule has 0 saturated heterocycles. The molecule has 6 heteroatoms. The van der Waals surface area contributed by atoms with Crippen LogP contribution in [0.15, 0.2) is 66.7 Å². The number of benzene rings is 2. The zero-order valence-electron chi connectivity index (χ0n) is 15.4. The van der Waals surface area contributed by atoms with Crippen molar-refractivity contribution in [3.63, 3.8) is 0 Å². The summed E-state index contributed by atoms with van der Waals surface area (Å²) in [6.45, 7) is 2.74. The normalized spacial score (nSPS) is 10.4. The van der Waals surface area contributed by atoms with Gasteiger partial charge in [0.05, 0.1) is 0 Å². The van der Waals surface area contributed by atoms with Crippen LogP contribution >= 0.6 is 11.6 Å². The summed E-state index contributed by atoms with van der Waals surface area (Å²) in [6, 6.07) is 19.9. The molecule has 3 rings (SSSR count). The van der Waals surface area contributed by atoms with Crippen LogP contribution in [0.4, 0.5) is 0 Å². The molecule has 2 N–H and O–H groups in total. The van der Waals surface area contributed by atoms with E-state index in [2.05, 4.69) is 15.6 Å². The number of nitrogens with one attached hydrogen (secondary N) is 2. The number of amides is 2. The molecule has 2 aromatic carbocycles. The summed E-state index contributed by atoms with van der Waals surface area (Å²) >= 11 is 5.86. The number of halogens is 1. The van der Waals surface area contributed by atoms with Crippen molar-refractivity contribution in [2.45, 2.75) is 20.0 Å². The van der Waals surface area contributed by atoms with Crippen molar-refractivity contribution in [1.29, 1.82) is 0 Å². The number of aryl methyl sites for hydroxylation is 1. The summed E-state index contributed by atoms with van der Waals surface area (Å²) < 4.78 is 0. The van der Waals surface area contributed by atoms with Gasteiger partial charge < -0.3 is 10.6 Å². The van der Waals surface area contributed by atoms with E-state index in [1.807, 2.05) is 43.3 Å². The Hall–Kier alpha value is -3.18. The van der Waals surface area contributed by atoms with Crippen molar-refractivity contribution in [3.8, 4) is 0 Å². The second kappa shape index (κ2) is 9.15. The number of hydrogen-bond donors (Lipinski definition) is 2. The number of carbonyl (C=O) groups is 2. The van der Waals surface area contributed by atoms with Crippen LogP contribution in [0.5, 0.6) is 0 Å². The molecule has 142 valence electrons. The largest absolute Gasteiger partial charge is 0.347 e. The summed E-state index contributed by atoms with van der Waals surface area (Å²) in [5.41, 5.74) is 3.45. The molecule has 0 aliphatic carbocycles. The Bertz CT molecular complexity index is 987. The molecule has 0 radical (unpaired) electrons. The van der Waals surface area contributed by atoms with Gasteiger partial charge in [0.2, 0.25) is 0 Å². The van der Waals surface area contributed by atoms with Crippen LogP contribution in [0, 0.1) is 6.92 Å². The molecule has 1 heterocycles. The lowest BCUT2D eigenvalue weighted by atomic mass is 10.1.